The molecule has 4 heteroatoms. The van der Waals surface area contributed by atoms with Crippen LogP contribution < -0.4 is 0 Å². The number of aryl methyl sites for hydroxylation is 1. The lowest BCUT2D eigenvalue weighted by Crippen LogP contribution is -2.27. The zero-order chi connectivity index (χ0) is 16.6. The van der Waals surface area contributed by atoms with E-state index in [9.17, 15) is 4.79 Å². The summed E-state index contributed by atoms with van der Waals surface area (Å²) in [4.78, 5) is 17.2. The normalized spacial score (nSPS) is 11.7. The fraction of sp³-hybridized carbons (Fsp3) is 0.263. The summed E-state index contributed by atoms with van der Waals surface area (Å²) in [6.07, 6.45) is 1.28. The fourth-order valence-corrected chi connectivity index (χ4v) is 2.70. The standard InChI is InChI=1S/C19H20N2O2/c1-13-15-11-8-12-20-17(15)21(18(22)23-19(2,3)4)16(13)14-9-6-5-7-10-14/h5-12H,1-4H3. The molecule has 0 unspecified atom stereocenters. The number of carbonyl (C=O) groups excluding carboxylic acids is 1. The number of ether oxygens (including phenoxy) is 1. The molecule has 0 bridgehead atoms. The molecule has 4 nitrogen and oxygen atoms in total. The maximum atomic E-state index is 12.8. The van der Waals surface area contributed by atoms with Gasteiger partial charge in [-0.3, -0.25) is 0 Å². The lowest BCUT2D eigenvalue weighted by molar-refractivity contribution is 0.0546. The average Bonchev–Trinajstić information content (AvgIpc) is 2.80. The Morgan fingerprint density at radius 3 is 2.43 bits per heavy atom. The molecule has 0 aliphatic carbocycles. The van der Waals surface area contributed by atoms with Crippen molar-refractivity contribution in [2.24, 2.45) is 0 Å². The highest BCUT2D eigenvalue weighted by molar-refractivity contribution is 5.97. The van der Waals surface area contributed by atoms with Gasteiger partial charge in [0.1, 0.15) is 11.2 Å². The summed E-state index contributed by atoms with van der Waals surface area (Å²) in [7, 11) is 0. The molecule has 0 aliphatic heterocycles. The Bertz CT molecular complexity index is 858. The maximum Gasteiger partial charge on any atom is 0.420 e. The van der Waals surface area contributed by atoms with Crippen molar-refractivity contribution in [2.45, 2.75) is 33.3 Å². The van der Waals surface area contributed by atoms with E-state index in [1.807, 2.05) is 70.2 Å². The first-order valence-corrected chi connectivity index (χ1v) is 7.63. The molecule has 3 aromatic rings. The number of benzene rings is 1. The average molecular weight is 308 g/mol. The zero-order valence-electron chi connectivity index (χ0n) is 13.8. The van der Waals surface area contributed by atoms with Gasteiger partial charge in [-0.1, -0.05) is 30.3 Å². The Morgan fingerprint density at radius 2 is 1.78 bits per heavy atom. The minimum absolute atomic E-state index is 0.409. The van der Waals surface area contributed by atoms with Gasteiger partial charge in [0.15, 0.2) is 0 Å². The molecule has 0 spiro atoms. The number of aromatic nitrogens is 2. The van der Waals surface area contributed by atoms with Crippen molar-refractivity contribution in [1.82, 2.24) is 9.55 Å². The van der Waals surface area contributed by atoms with E-state index in [1.165, 1.54) is 0 Å². The van der Waals surface area contributed by atoms with Crippen molar-refractivity contribution >= 4 is 17.1 Å². The second-order valence-electron chi connectivity index (χ2n) is 6.53. The van der Waals surface area contributed by atoms with Gasteiger partial charge >= 0.3 is 6.09 Å². The van der Waals surface area contributed by atoms with Crippen LogP contribution in [-0.2, 0) is 4.74 Å². The molecule has 0 fully saturated rings. The quantitative estimate of drug-likeness (QED) is 0.649. The first-order valence-electron chi connectivity index (χ1n) is 7.63. The third-order valence-electron chi connectivity index (χ3n) is 3.60. The molecule has 0 amide bonds. The van der Waals surface area contributed by atoms with Gasteiger partial charge in [-0.15, -0.1) is 0 Å². The minimum atomic E-state index is -0.565. The van der Waals surface area contributed by atoms with Crippen LogP contribution >= 0.6 is 0 Å². The Hall–Kier alpha value is -2.62. The van der Waals surface area contributed by atoms with Crippen LogP contribution in [0.25, 0.3) is 22.3 Å². The molecule has 0 radical (unpaired) electrons. The number of pyridine rings is 1. The summed E-state index contributed by atoms with van der Waals surface area (Å²) >= 11 is 0. The van der Waals surface area contributed by atoms with E-state index in [0.29, 0.717) is 5.65 Å². The molecule has 0 saturated carbocycles. The molecule has 0 aliphatic rings. The molecule has 118 valence electrons. The summed E-state index contributed by atoms with van der Waals surface area (Å²) < 4.78 is 7.17. The Labute approximate surface area is 135 Å². The van der Waals surface area contributed by atoms with Gasteiger partial charge in [0.2, 0.25) is 0 Å². The highest BCUT2D eigenvalue weighted by atomic mass is 16.6. The van der Waals surface area contributed by atoms with Crippen LogP contribution in [0.1, 0.15) is 26.3 Å². The highest BCUT2D eigenvalue weighted by Gasteiger charge is 2.25. The van der Waals surface area contributed by atoms with Gasteiger partial charge in [-0.2, -0.15) is 0 Å². The van der Waals surface area contributed by atoms with Crippen LogP contribution in [0.5, 0.6) is 0 Å². The third-order valence-corrected chi connectivity index (χ3v) is 3.60. The largest absolute Gasteiger partial charge is 0.443 e. The van der Waals surface area contributed by atoms with Crippen LogP contribution in [0.3, 0.4) is 0 Å². The molecular weight excluding hydrogens is 288 g/mol. The fourth-order valence-electron chi connectivity index (χ4n) is 2.70. The van der Waals surface area contributed by atoms with Crippen molar-refractivity contribution in [3.63, 3.8) is 0 Å². The van der Waals surface area contributed by atoms with Gasteiger partial charge in [0.05, 0.1) is 5.69 Å². The predicted octanol–water partition coefficient (Wildman–Crippen LogP) is 4.79. The number of rotatable bonds is 1. The Kier molecular flexibility index (Phi) is 3.68. The zero-order valence-corrected chi connectivity index (χ0v) is 13.8. The van der Waals surface area contributed by atoms with Crippen LogP contribution in [-0.4, -0.2) is 21.2 Å². The summed E-state index contributed by atoms with van der Waals surface area (Å²) in [6, 6.07) is 13.7. The van der Waals surface area contributed by atoms with Crippen LogP contribution in [0.15, 0.2) is 48.7 Å². The number of carbonyl (C=O) groups is 1. The molecule has 1 aromatic carbocycles. The van der Waals surface area contributed by atoms with Crippen LogP contribution in [0, 0.1) is 6.92 Å². The van der Waals surface area contributed by atoms with E-state index in [4.69, 9.17) is 4.74 Å². The van der Waals surface area contributed by atoms with Crippen molar-refractivity contribution in [2.75, 3.05) is 0 Å². The molecule has 3 rings (SSSR count). The summed E-state index contributed by atoms with van der Waals surface area (Å²) in [5.74, 6) is 0. The number of nitrogens with zero attached hydrogens (tertiary/aromatic N) is 2. The smallest absolute Gasteiger partial charge is 0.420 e. The number of hydrogen-bond acceptors (Lipinski definition) is 3. The molecule has 2 aromatic heterocycles. The molecule has 0 saturated heterocycles. The highest BCUT2D eigenvalue weighted by Crippen LogP contribution is 2.32. The maximum absolute atomic E-state index is 12.8. The summed E-state index contributed by atoms with van der Waals surface area (Å²) in [6.45, 7) is 7.59. The van der Waals surface area contributed by atoms with Gasteiger partial charge in [-0.05, 0) is 51.0 Å². The third kappa shape index (κ3) is 2.84. The van der Waals surface area contributed by atoms with E-state index >= 15 is 0 Å². The van der Waals surface area contributed by atoms with Gasteiger partial charge < -0.3 is 4.74 Å². The van der Waals surface area contributed by atoms with Crippen LogP contribution in [0.2, 0.25) is 0 Å². The molecule has 0 N–H and O–H groups in total. The number of hydrogen-bond donors (Lipinski definition) is 0. The van der Waals surface area contributed by atoms with E-state index in [-0.39, 0.29) is 0 Å². The summed E-state index contributed by atoms with van der Waals surface area (Å²) in [5, 5.41) is 0.956. The van der Waals surface area contributed by atoms with Crippen molar-refractivity contribution in [3.8, 4) is 11.3 Å². The first kappa shape index (κ1) is 15.3. The monoisotopic (exact) mass is 308 g/mol. The van der Waals surface area contributed by atoms with E-state index in [2.05, 4.69) is 4.98 Å². The molecule has 0 atom stereocenters. The van der Waals surface area contributed by atoms with Gasteiger partial charge in [0.25, 0.3) is 0 Å². The molecule has 23 heavy (non-hydrogen) atoms. The van der Waals surface area contributed by atoms with Crippen molar-refractivity contribution in [1.29, 1.82) is 0 Å². The number of fused-ring (bicyclic) bond motifs is 1. The Balaban J connectivity index is 2.28. The lowest BCUT2D eigenvalue weighted by Gasteiger charge is -2.21. The molecular formula is C19H20N2O2. The Morgan fingerprint density at radius 1 is 1.09 bits per heavy atom. The van der Waals surface area contributed by atoms with E-state index in [0.717, 1.165) is 22.2 Å². The van der Waals surface area contributed by atoms with E-state index < -0.39 is 11.7 Å². The second-order valence-corrected chi connectivity index (χ2v) is 6.53. The molecule has 2 heterocycles. The summed E-state index contributed by atoms with van der Waals surface area (Å²) in [5.41, 5.74) is 2.87. The first-order chi connectivity index (χ1) is 10.9. The van der Waals surface area contributed by atoms with E-state index in [1.54, 1.807) is 10.8 Å². The topological polar surface area (TPSA) is 44.1 Å². The lowest BCUT2D eigenvalue weighted by atomic mass is 10.1. The minimum Gasteiger partial charge on any atom is -0.443 e. The van der Waals surface area contributed by atoms with Gasteiger partial charge in [0, 0.05) is 11.6 Å². The van der Waals surface area contributed by atoms with Crippen molar-refractivity contribution < 1.29 is 9.53 Å². The van der Waals surface area contributed by atoms with Crippen LogP contribution in [0.4, 0.5) is 4.79 Å². The second kappa shape index (κ2) is 5.54. The predicted molar refractivity (Wildman–Crippen MR) is 91.5 cm³/mol. The van der Waals surface area contributed by atoms with Gasteiger partial charge in [-0.25, -0.2) is 14.3 Å². The van der Waals surface area contributed by atoms with Crippen molar-refractivity contribution in [3.05, 3.63) is 54.2 Å². The SMILES string of the molecule is Cc1c(-c2ccccc2)n(C(=O)OC(C)(C)C)c2ncccc12.